The Morgan fingerprint density at radius 3 is 2.92 bits per heavy atom. The van der Waals surface area contributed by atoms with Gasteiger partial charge in [-0.15, -0.1) is 0 Å². The van der Waals surface area contributed by atoms with Crippen LogP contribution < -0.4 is 4.72 Å². The molecule has 1 aliphatic heterocycles. The third-order valence-corrected chi connectivity index (χ3v) is 6.66. The molecule has 2 heterocycles. The molecule has 0 spiro atoms. The molecule has 0 atom stereocenters. The lowest BCUT2D eigenvalue weighted by Gasteiger charge is -2.13. The third-order valence-electron chi connectivity index (χ3n) is 3.97. The number of nitrogens with zero attached hydrogens (tertiary/aromatic N) is 3. The van der Waals surface area contributed by atoms with Gasteiger partial charge in [-0.2, -0.15) is 4.37 Å². The topological polar surface area (TPSA) is 92.3 Å². The number of nitrogens with one attached hydrogen (secondary N) is 1. The molecule has 0 aliphatic carbocycles. The minimum atomic E-state index is -3.78. The minimum absolute atomic E-state index is 0.111. The number of hydrogen-bond acceptors (Lipinski definition) is 6. The van der Waals surface area contributed by atoms with Crippen molar-refractivity contribution in [1.29, 1.82) is 0 Å². The maximum Gasteiger partial charge on any atom is 0.264 e. The highest BCUT2D eigenvalue weighted by Gasteiger charge is 2.22. The second-order valence-corrected chi connectivity index (χ2v) is 8.53. The summed E-state index contributed by atoms with van der Waals surface area (Å²) in [4.78, 5) is 17.7. The molecule has 7 nitrogen and oxygen atoms in total. The summed E-state index contributed by atoms with van der Waals surface area (Å²) in [7, 11) is -3.78. The van der Waals surface area contributed by atoms with E-state index in [-0.39, 0.29) is 15.9 Å². The molecule has 25 heavy (non-hydrogen) atoms. The number of likely N-dealkylation sites (tertiary alicyclic amines) is 1. The molecule has 1 N–H and O–H groups in total. The molecule has 3 rings (SSSR count). The lowest BCUT2D eigenvalue weighted by molar-refractivity contribution is -0.127. The number of carbonyl (C=O) groups is 1. The third kappa shape index (κ3) is 4.10. The summed E-state index contributed by atoms with van der Waals surface area (Å²) in [5, 5.41) is 0.582. The lowest BCUT2D eigenvalue weighted by Crippen LogP contribution is -2.27. The first-order valence-electron chi connectivity index (χ1n) is 7.75. The number of hydrogen-bond donors (Lipinski definition) is 1. The average molecular weight is 401 g/mol. The SMILES string of the molecule is Cc1c(Cl)cccc1S(=O)(=O)Nc1nc(CCN2CCCC2=O)ns1. The summed E-state index contributed by atoms with van der Waals surface area (Å²) in [5.74, 6) is 0.665. The summed E-state index contributed by atoms with van der Waals surface area (Å²) in [5.41, 5.74) is 0.481. The highest BCUT2D eigenvalue weighted by atomic mass is 35.5. The second-order valence-electron chi connectivity index (χ2n) is 5.72. The number of anilines is 1. The fraction of sp³-hybridized carbons (Fsp3) is 0.400. The summed E-state index contributed by atoms with van der Waals surface area (Å²) in [6.07, 6.45) is 1.97. The highest BCUT2D eigenvalue weighted by molar-refractivity contribution is 7.93. The molecule has 0 bridgehead atoms. The predicted molar refractivity (Wildman–Crippen MR) is 96.4 cm³/mol. The quantitative estimate of drug-likeness (QED) is 0.804. The lowest BCUT2D eigenvalue weighted by atomic mass is 10.2. The van der Waals surface area contributed by atoms with Crippen LogP contribution in [0.2, 0.25) is 5.02 Å². The highest BCUT2D eigenvalue weighted by Crippen LogP contribution is 2.25. The Labute approximate surface area is 155 Å². The van der Waals surface area contributed by atoms with Crippen molar-refractivity contribution in [2.24, 2.45) is 0 Å². The molecule has 0 unspecified atom stereocenters. The zero-order valence-electron chi connectivity index (χ0n) is 13.5. The van der Waals surface area contributed by atoms with E-state index in [9.17, 15) is 13.2 Å². The molecule has 1 aromatic heterocycles. The van der Waals surface area contributed by atoms with E-state index in [1.54, 1.807) is 24.0 Å². The monoisotopic (exact) mass is 400 g/mol. The first-order chi connectivity index (χ1) is 11.9. The van der Waals surface area contributed by atoms with E-state index in [0.29, 0.717) is 35.8 Å². The maximum absolute atomic E-state index is 12.5. The van der Waals surface area contributed by atoms with Crippen molar-refractivity contribution in [1.82, 2.24) is 14.3 Å². The number of carbonyl (C=O) groups excluding carboxylic acids is 1. The molecular weight excluding hydrogens is 384 g/mol. The maximum atomic E-state index is 12.5. The van der Waals surface area contributed by atoms with Gasteiger partial charge < -0.3 is 4.90 Å². The molecule has 1 aromatic carbocycles. The molecule has 1 amide bonds. The molecule has 2 aromatic rings. The van der Waals surface area contributed by atoms with E-state index < -0.39 is 10.0 Å². The Balaban J connectivity index is 1.68. The van der Waals surface area contributed by atoms with Gasteiger partial charge in [-0.25, -0.2) is 13.4 Å². The van der Waals surface area contributed by atoms with Gasteiger partial charge in [0.05, 0.1) is 4.90 Å². The first kappa shape index (κ1) is 18.1. The van der Waals surface area contributed by atoms with Crippen molar-refractivity contribution < 1.29 is 13.2 Å². The number of halogens is 1. The van der Waals surface area contributed by atoms with Gasteiger partial charge in [0, 0.05) is 42.5 Å². The van der Waals surface area contributed by atoms with Gasteiger partial charge in [-0.05, 0) is 31.0 Å². The molecule has 10 heteroatoms. The van der Waals surface area contributed by atoms with Gasteiger partial charge in [0.1, 0.15) is 5.82 Å². The zero-order valence-corrected chi connectivity index (χ0v) is 15.9. The first-order valence-corrected chi connectivity index (χ1v) is 10.4. The fourth-order valence-corrected chi connectivity index (χ4v) is 4.96. The summed E-state index contributed by atoms with van der Waals surface area (Å²) in [6.45, 7) is 2.96. The number of amides is 1. The van der Waals surface area contributed by atoms with Gasteiger partial charge in [-0.3, -0.25) is 9.52 Å². The van der Waals surface area contributed by atoms with Crippen LogP contribution in [-0.4, -0.2) is 41.7 Å². The van der Waals surface area contributed by atoms with E-state index in [1.165, 1.54) is 6.07 Å². The van der Waals surface area contributed by atoms with Crippen LogP contribution in [0.5, 0.6) is 0 Å². The predicted octanol–water partition coefficient (Wildman–Crippen LogP) is 2.47. The Hall–Kier alpha value is -1.71. The van der Waals surface area contributed by atoms with Crippen molar-refractivity contribution in [2.45, 2.75) is 31.1 Å². The summed E-state index contributed by atoms with van der Waals surface area (Å²) in [6, 6.07) is 4.71. The number of sulfonamides is 1. The standard InChI is InChI=1S/C15H17ClN4O3S2/c1-10-11(16)4-2-5-12(10)25(22,23)19-15-17-13(18-24-15)7-9-20-8-3-6-14(20)21/h2,4-5H,3,6-9H2,1H3,(H,17,18,19). The number of benzene rings is 1. The molecule has 0 radical (unpaired) electrons. The van der Waals surface area contributed by atoms with Crippen LogP contribution in [0.25, 0.3) is 0 Å². The van der Waals surface area contributed by atoms with E-state index in [4.69, 9.17) is 11.6 Å². The molecule has 1 aliphatic rings. The van der Waals surface area contributed by atoms with Gasteiger partial charge in [0.15, 0.2) is 0 Å². The van der Waals surface area contributed by atoms with Crippen molar-refractivity contribution in [3.05, 3.63) is 34.6 Å². The molecular formula is C15H17ClN4O3S2. The smallest absolute Gasteiger partial charge is 0.264 e. The van der Waals surface area contributed by atoms with Crippen LogP contribution in [0, 0.1) is 6.92 Å². The van der Waals surface area contributed by atoms with Crippen molar-refractivity contribution in [3.63, 3.8) is 0 Å². The van der Waals surface area contributed by atoms with Gasteiger partial charge >= 0.3 is 0 Å². The van der Waals surface area contributed by atoms with Crippen LogP contribution in [0.1, 0.15) is 24.2 Å². The summed E-state index contributed by atoms with van der Waals surface area (Å²) >= 11 is 6.97. The van der Waals surface area contributed by atoms with Crippen molar-refractivity contribution >= 4 is 44.2 Å². The average Bonchev–Trinajstić information content (AvgIpc) is 3.16. The van der Waals surface area contributed by atoms with Crippen molar-refractivity contribution in [2.75, 3.05) is 17.8 Å². The van der Waals surface area contributed by atoms with Crippen LogP contribution in [0.4, 0.5) is 5.13 Å². The van der Waals surface area contributed by atoms with Crippen LogP contribution in [0.3, 0.4) is 0 Å². The Bertz CT molecular complexity index is 898. The summed E-state index contributed by atoms with van der Waals surface area (Å²) < 4.78 is 31.6. The van der Waals surface area contributed by atoms with Crippen LogP contribution in [-0.2, 0) is 21.2 Å². The number of aromatic nitrogens is 2. The van der Waals surface area contributed by atoms with E-state index in [0.717, 1.165) is 24.5 Å². The Morgan fingerprint density at radius 2 is 2.20 bits per heavy atom. The normalized spacial score (nSPS) is 15.0. The molecule has 0 saturated carbocycles. The van der Waals surface area contributed by atoms with E-state index in [1.807, 2.05) is 0 Å². The van der Waals surface area contributed by atoms with Gasteiger partial charge in [-0.1, -0.05) is 17.7 Å². The fourth-order valence-electron chi connectivity index (χ4n) is 2.62. The van der Waals surface area contributed by atoms with E-state index in [2.05, 4.69) is 14.1 Å². The minimum Gasteiger partial charge on any atom is -0.342 e. The molecule has 134 valence electrons. The van der Waals surface area contributed by atoms with Gasteiger partial charge in [0.2, 0.25) is 11.0 Å². The Morgan fingerprint density at radius 1 is 1.40 bits per heavy atom. The molecule has 1 fully saturated rings. The second kappa shape index (κ2) is 7.27. The largest absolute Gasteiger partial charge is 0.342 e. The van der Waals surface area contributed by atoms with Crippen LogP contribution in [0.15, 0.2) is 23.1 Å². The van der Waals surface area contributed by atoms with Gasteiger partial charge in [0.25, 0.3) is 10.0 Å². The zero-order chi connectivity index (χ0) is 18.0. The van der Waals surface area contributed by atoms with Crippen LogP contribution >= 0.6 is 23.1 Å². The number of rotatable bonds is 6. The van der Waals surface area contributed by atoms with E-state index >= 15 is 0 Å². The molecule has 1 saturated heterocycles. The Kier molecular flexibility index (Phi) is 5.26. The van der Waals surface area contributed by atoms with Crippen molar-refractivity contribution in [3.8, 4) is 0 Å².